The van der Waals surface area contributed by atoms with Crippen molar-refractivity contribution in [1.82, 2.24) is 9.88 Å². The number of aryl methyl sites for hydroxylation is 1. The third kappa shape index (κ3) is 2.94. The van der Waals surface area contributed by atoms with Crippen LogP contribution in [0.1, 0.15) is 45.8 Å². The van der Waals surface area contributed by atoms with E-state index in [2.05, 4.69) is 4.98 Å². The Morgan fingerprint density at radius 2 is 2.20 bits per heavy atom. The molecule has 1 fully saturated rings. The van der Waals surface area contributed by atoms with Crippen molar-refractivity contribution in [2.24, 2.45) is 0 Å². The van der Waals surface area contributed by atoms with Gasteiger partial charge in [-0.25, -0.2) is 9.78 Å². The number of amides is 1. The molecule has 0 spiro atoms. The molecule has 1 aromatic rings. The molecule has 20 heavy (non-hydrogen) atoms. The highest BCUT2D eigenvalue weighted by Crippen LogP contribution is 2.28. The Labute approximate surface area is 116 Å². The molecule has 0 radical (unpaired) electrons. The molecule has 0 unspecified atom stereocenters. The smallest absolute Gasteiger partial charge is 0.337 e. The van der Waals surface area contributed by atoms with Gasteiger partial charge in [-0.1, -0.05) is 0 Å². The van der Waals surface area contributed by atoms with Gasteiger partial charge in [-0.2, -0.15) is 5.26 Å². The second-order valence-corrected chi connectivity index (χ2v) is 4.77. The Kier molecular flexibility index (Phi) is 3.99. The van der Waals surface area contributed by atoms with Gasteiger partial charge in [-0.3, -0.25) is 4.79 Å². The first-order chi connectivity index (χ1) is 9.54. The van der Waals surface area contributed by atoms with Crippen LogP contribution in [0, 0.1) is 18.3 Å². The lowest BCUT2D eigenvalue weighted by Crippen LogP contribution is -2.34. The second-order valence-electron chi connectivity index (χ2n) is 4.77. The minimum absolute atomic E-state index is 0.0940. The lowest BCUT2D eigenvalue weighted by Gasteiger charge is -2.20. The fraction of sp³-hybridized carbons (Fsp3) is 0.429. The van der Waals surface area contributed by atoms with Crippen LogP contribution in [-0.4, -0.2) is 39.5 Å². The van der Waals surface area contributed by atoms with Crippen molar-refractivity contribution in [3.8, 4) is 6.07 Å². The number of carboxylic acid groups (broad SMARTS) is 1. The number of hydrogen-bond donors (Lipinski definition) is 1. The van der Waals surface area contributed by atoms with Gasteiger partial charge in [0.1, 0.15) is 5.69 Å². The van der Waals surface area contributed by atoms with E-state index < -0.39 is 5.97 Å². The summed E-state index contributed by atoms with van der Waals surface area (Å²) in [5.41, 5.74) is 0.647. The quantitative estimate of drug-likeness (QED) is 0.879. The van der Waals surface area contributed by atoms with E-state index >= 15 is 0 Å². The Hall–Kier alpha value is -2.42. The number of aromatic carboxylic acids is 1. The summed E-state index contributed by atoms with van der Waals surface area (Å²) < 4.78 is 0. The molecule has 1 amide bonds. The zero-order chi connectivity index (χ0) is 14.7. The predicted octanol–water partition coefficient (Wildman–Crippen LogP) is 1.61. The van der Waals surface area contributed by atoms with Crippen LogP contribution in [0.2, 0.25) is 0 Å². The van der Waals surface area contributed by atoms with Crippen LogP contribution < -0.4 is 0 Å². The van der Waals surface area contributed by atoms with Crippen molar-refractivity contribution in [3.63, 3.8) is 0 Å². The average Bonchev–Trinajstić information content (AvgIpc) is 3.23. The Bertz CT molecular complexity index is 588. The van der Waals surface area contributed by atoms with Crippen LogP contribution in [0.3, 0.4) is 0 Å². The first-order valence-electron chi connectivity index (χ1n) is 6.43. The van der Waals surface area contributed by atoms with Crippen LogP contribution in [0.15, 0.2) is 12.1 Å². The van der Waals surface area contributed by atoms with Crippen LogP contribution in [-0.2, 0) is 0 Å². The summed E-state index contributed by atoms with van der Waals surface area (Å²) >= 11 is 0. The molecular weight excluding hydrogens is 258 g/mol. The monoisotopic (exact) mass is 273 g/mol. The largest absolute Gasteiger partial charge is 0.478 e. The summed E-state index contributed by atoms with van der Waals surface area (Å²) in [4.78, 5) is 29.0. The molecule has 0 atom stereocenters. The van der Waals surface area contributed by atoms with Crippen LogP contribution in [0.5, 0.6) is 0 Å². The summed E-state index contributed by atoms with van der Waals surface area (Å²) in [5, 5.41) is 17.6. The molecule has 1 aliphatic rings. The maximum Gasteiger partial charge on any atom is 0.337 e. The number of carboxylic acids is 1. The van der Waals surface area contributed by atoms with Crippen molar-refractivity contribution >= 4 is 11.9 Å². The van der Waals surface area contributed by atoms with E-state index in [-0.39, 0.29) is 29.6 Å². The zero-order valence-electron chi connectivity index (χ0n) is 11.2. The van der Waals surface area contributed by atoms with E-state index in [1.165, 1.54) is 12.1 Å². The van der Waals surface area contributed by atoms with E-state index in [0.717, 1.165) is 12.8 Å². The number of hydrogen-bond acceptors (Lipinski definition) is 4. The number of aromatic nitrogens is 1. The van der Waals surface area contributed by atoms with Gasteiger partial charge in [0.15, 0.2) is 0 Å². The maximum absolute atomic E-state index is 12.4. The molecule has 6 nitrogen and oxygen atoms in total. The lowest BCUT2D eigenvalue weighted by atomic mass is 10.1. The fourth-order valence-corrected chi connectivity index (χ4v) is 2.06. The lowest BCUT2D eigenvalue weighted by molar-refractivity contribution is 0.0690. The van der Waals surface area contributed by atoms with Crippen LogP contribution in [0.25, 0.3) is 0 Å². The van der Waals surface area contributed by atoms with Crippen molar-refractivity contribution in [1.29, 1.82) is 5.26 Å². The molecule has 0 saturated heterocycles. The van der Waals surface area contributed by atoms with Gasteiger partial charge >= 0.3 is 5.97 Å². The average molecular weight is 273 g/mol. The zero-order valence-corrected chi connectivity index (χ0v) is 11.2. The van der Waals surface area contributed by atoms with Gasteiger partial charge in [0, 0.05) is 12.6 Å². The normalized spacial score (nSPS) is 13.6. The van der Waals surface area contributed by atoms with Gasteiger partial charge in [0.2, 0.25) is 0 Å². The molecule has 0 bridgehead atoms. The van der Waals surface area contributed by atoms with Crippen LogP contribution >= 0.6 is 0 Å². The molecule has 2 rings (SSSR count). The Balaban J connectivity index is 2.21. The number of pyridine rings is 1. The molecular formula is C14H15N3O3. The van der Waals surface area contributed by atoms with Crippen molar-refractivity contribution in [2.45, 2.75) is 32.2 Å². The van der Waals surface area contributed by atoms with E-state index in [4.69, 9.17) is 10.4 Å². The minimum Gasteiger partial charge on any atom is -0.478 e. The predicted molar refractivity (Wildman–Crippen MR) is 70.2 cm³/mol. The molecule has 104 valence electrons. The first-order valence-corrected chi connectivity index (χ1v) is 6.43. The fourth-order valence-electron chi connectivity index (χ4n) is 2.06. The highest BCUT2D eigenvalue weighted by atomic mass is 16.4. The molecule has 1 aliphatic carbocycles. The standard InChI is InChI=1S/C14H15N3O3/c1-9-11(14(19)20)5-6-12(16-9)13(18)17(8-2-7-15)10-3-4-10/h5-6,10H,2-4,8H2,1H3,(H,19,20). The molecule has 1 heterocycles. The van der Waals surface area contributed by atoms with Crippen LogP contribution in [0.4, 0.5) is 0 Å². The summed E-state index contributed by atoms with van der Waals surface area (Å²) in [5.74, 6) is -1.29. The van der Waals surface area contributed by atoms with Gasteiger partial charge < -0.3 is 10.0 Å². The molecule has 1 N–H and O–H groups in total. The van der Waals surface area contributed by atoms with E-state index in [0.29, 0.717) is 12.2 Å². The SMILES string of the molecule is Cc1nc(C(=O)N(CCC#N)C2CC2)ccc1C(=O)O. The van der Waals surface area contributed by atoms with Gasteiger partial charge in [0.25, 0.3) is 5.91 Å². The Morgan fingerprint density at radius 1 is 1.50 bits per heavy atom. The van der Waals surface area contributed by atoms with Gasteiger partial charge in [-0.15, -0.1) is 0 Å². The first kappa shape index (κ1) is 14.0. The maximum atomic E-state index is 12.4. The second kappa shape index (κ2) is 5.70. The van der Waals surface area contributed by atoms with Gasteiger partial charge in [0.05, 0.1) is 23.7 Å². The van der Waals surface area contributed by atoms with E-state index in [9.17, 15) is 9.59 Å². The van der Waals surface area contributed by atoms with Gasteiger partial charge in [-0.05, 0) is 31.9 Å². The highest BCUT2D eigenvalue weighted by Gasteiger charge is 2.33. The Morgan fingerprint density at radius 3 is 2.70 bits per heavy atom. The number of nitrogens with zero attached hydrogens (tertiary/aromatic N) is 3. The summed E-state index contributed by atoms with van der Waals surface area (Å²) in [6.07, 6.45) is 2.18. The number of carbonyl (C=O) groups is 2. The molecule has 0 aliphatic heterocycles. The van der Waals surface area contributed by atoms with Crippen molar-refractivity contribution < 1.29 is 14.7 Å². The molecule has 6 heteroatoms. The van der Waals surface area contributed by atoms with E-state index in [1.807, 2.05) is 6.07 Å². The summed E-state index contributed by atoms with van der Waals surface area (Å²) in [6.45, 7) is 1.96. The minimum atomic E-state index is -1.06. The number of nitriles is 1. The summed E-state index contributed by atoms with van der Waals surface area (Å²) in [7, 11) is 0. The highest BCUT2D eigenvalue weighted by molar-refractivity contribution is 5.94. The number of rotatable bonds is 5. The molecule has 1 aromatic heterocycles. The van der Waals surface area contributed by atoms with Crippen molar-refractivity contribution in [2.75, 3.05) is 6.54 Å². The van der Waals surface area contributed by atoms with E-state index in [1.54, 1.807) is 11.8 Å². The number of carbonyl (C=O) groups excluding carboxylic acids is 1. The third-order valence-corrected chi connectivity index (χ3v) is 3.25. The third-order valence-electron chi connectivity index (χ3n) is 3.25. The summed E-state index contributed by atoms with van der Waals surface area (Å²) in [6, 6.07) is 5.05. The van der Waals surface area contributed by atoms with Crippen molar-refractivity contribution in [3.05, 3.63) is 29.1 Å². The topological polar surface area (TPSA) is 94.3 Å². The molecule has 0 aromatic carbocycles. The molecule has 1 saturated carbocycles.